The zero-order valence-electron chi connectivity index (χ0n) is 11.2. The molecule has 92 valence electrons. The van der Waals surface area contributed by atoms with E-state index < -0.39 is 9.04 Å². The van der Waals surface area contributed by atoms with E-state index in [9.17, 15) is 0 Å². The Balaban J connectivity index is 3.01. The van der Waals surface area contributed by atoms with Gasteiger partial charge in [0.05, 0.1) is 6.10 Å². The summed E-state index contributed by atoms with van der Waals surface area (Å²) in [7, 11) is -1.11. The summed E-state index contributed by atoms with van der Waals surface area (Å²) in [6, 6.07) is 5.72. The fourth-order valence-corrected chi connectivity index (χ4v) is 2.79. The summed E-state index contributed by atoms with van der Waals surface area (Å²) in [6.07, 6.45) is 1.81. The van der Waals surface area contributed by atoms with Crippen molar-refractivity contribution in [1.29, 1.82) is 5.26 Å². The van der Waals surface area contributed by atoms with Crippen LogP contribution in [0.1, 0.15) is 38.1 Å². The smallest absolute Gasteiger partial charge is 0.171 e. The fourth-order valence-electron chi connectivity index (χ4n) is 1.68. The minimum Gasteiger partial charge on any atom is -0.413 e. The molecule has 1 atom stereocenters. The van der Waals surface area contributed by atoms with Gasteiger partial charge < -0.3 is 4.43 Å². The second-order valence-electron chi connectivity index (χ2n) is 5.52. The molecule has 3 nitrogen and oxygen atoms in total. The van der Waals surface area contributed by atoms with Crippen LogP contribution in [0.4, 0.5) is 0 Å². The molecule has 17 heavy (non-hydrogen) atoms. The maximum absolute atomic E-state index is 8.74. The number of hydrogen-bond donors (Lipinski definition) is 0. The highest BCUT2D eigenvalue weighted by molar-refractivity contribution is 6.48. The topological polar surface area (TPSA) is 45.9 Å². The van der Waals surface area contributed by atoms with Crippen LogP contribution in [0.5, 0.6) is 0 Å². The first-order chi connectivity index (χ1) is 7.84. The Hall–Kier alpha value is -1.18. The highest BCUT2D eigenvalue weighted by Gasteiger charge is 2.28. The van der Waals surface area contributed by atoms with Gasteiger partial charge in [0.2, 0.25) is 0 Å². The van der Waals surface area contributed by atoms with Crippen LogP contribution in [0.3, 0.4) is 0 Å². The van der Waals surface area contributed by atoms with E-state index in [1.54, 1.807) is 12.3 Å². The van der Waals surface area contributed by atoms with Gasteiger partial charge >= 0.3 is 0 Å². The van der Waals surface area contributed by atoms with Crippen LogP contribution in [0, 0.1) is 16.7 Å². The first-order valence-electron chi connectivity index (χ1n) is 5.86. The molecule has 0 N–H and O–H groups in total. The SMILES string of the molecule is C[SiH](C)OC(c1ccc(C#N)nc1)C(C)(C)C. The lowest BCUT2D eigenvalue weighted by Gasteiger charge is -2.32. The quantitative estimate of drug-likeness (QED) is 0.772. The minimum absolute atomic E-state index is 0.0348. The molecule has 0 fully saturated rings. The second kappa shape index (κ2) is 5.43. The molecule has 0 spiro atoms. The summed E-state index contributed by atoms with van der Waals surface area (Å²) < 4.78 is 6.09. The molecule has 0 aromatic carbocycles. The van der Waals surface area contributed by atoms with Crippen LogP contribution < -0.4 is 0 Å². The highest BCUT2D eigenvalue weighted by atomic mass is 28.3. The molecular formula is C13H20N2OSi. The molecule has 1 aromatic rings. The molecule has 1 heterocycles. The Kier molecular flexibility index (Phi) is 4.44. The lowest BCUT2D eigenvalue weighted by Crippen LogP contribution is -2.26. The van der Waals surface area contributed by atoms with Crippen LogP contribution in [-0.2, 0) is 4.43 Å². The van der Waals surface area contributed by atoms with E-state index in [2.05, 4.69) is 38.8 Å². The summed E-state index contributed by atoms with van der Waals surface area (Å²) in [5.74, 6) is 0. The Morgan fingerprint density at radius 2 is 2.00 bits per heavy atom. The molecule has 4 heteroatoms. The Bertz CT molecular complexity index is 401. The van der Waals surface area contributed by atoms with Crippen molar-refractivity contribution in [3.63, 3.8) is 0 Å². The molecular weight excluding hydrogens is 228 g/mol. The molecule has 0 aliphatic carbocycles. The van der Waals surface area contributed by atoms with Crippen LogP contribution in [0.25, 0.3) is 0 Å². The molecule has 0 amide bonds. The molecule has 0 saturated heterocycles. The Labute approximate surface area is 105 Å². The van der Waals surface area contributed by atoms with Crippen molar-refractivity contribution in [2.24, 2.45) is 5.41 Å². The molecule has 1 unspecified atom stereocenters. The Morgan fingerprint density at radius 1 is 1.35 bits per heavy atom. The third-order valence-corrected chi connectivity index (χ3v) is 3.21. The predicted octanol–water partition coefficient (Wildman–Crippen LogP) is 3.04. The van der Waals surface area contributed by atoms with E-state index in [4.69, 9.17) is 9.69 Å². The van der Waals surface area contributed by atoms with Crippen molar-refractivity contribution in [3.8, 4) is 6.07 Å². The van der Waals surface area contributed by atoms with Gasteiger partial charge in [0, 0.05) is 6.20 Å². The van der Waals surface area contributed by atoms with Gasteiger partial charge in [0.15, 0.2) is 9.04 Å². The largest absolute Gasteiger partial charge is 0.413 e. The maximum Gasteiger partial charge on any atom is 0.171 e. The third kappa shape index (κ3) is 3.95. The molecule has 1 aromatic heterocycles. The van der Waals surface area contributed by atoms with E-state index in [1.165, 1.54) is 0 Å². The average Bonchev–Trinajstić information content (AvgIpc) is 2.24. The third-order valence-electron chi connectivity index (χ3n) is 2.40. The van der Waals surface area contributed by atoms with Gasteiger partial charge in [-0.15, -0.1) is 0 Å². The van der Waals surface area contributed by atoms with Gasteiger partial charge in [-0.1, -0.05) is 26.8 Å². The monoisotopic (exact) mass is 248 g/mol. The van der Waals surface area contributed by atoms with E-state index in [0.29, 0.717) is 5.69 Å². The number of rotatable bonds is 3. The molecule has 0 bridgehead atoms. The first-order valence-corrected chi connectivity index (χ1v) is 8.64. The van der Waals surface area contributed by atoms with Crippen molar-refractivity contribution < 1.29 is 4.43 Å². The van der Waals surface area contributed by atoms with E-state index in [0.717, 1.165) is 5.56 Å². The van der Waals surface area contributed by atoms with Gasteiger partial charge in [-0.3, -0.25) is 0 Å². The molecule has 0 radical (unpaired) electrons. The van der Waals surface area contributed by atoms with Crippen molar-refractivity contribution in [1.82, 2.24) is 4.98 Å². The predicted molar refractivity (Wildman–Crippen MR) is 71.1 cm³/mol. The van der Waals surface area contributed by atoms with Crippen LogP contribution >= 0.6 is 0 Å². The van der Waals surface area contributed by atoms with Crippen LogP contribution in [0.15, 0.2) is 18.3 Å². The van der Waals surface area contributed by atoms with Gasteiger partial charge in [-0.25, -0.2) is 4.98 Å². The lowest BCUT2D eigenvalue weighted by atomic mass is 9.85. The van der Waals surface area contributed by atoms with Gasteiger partial charge in [-0.2, -0.15) is 5.26 Å². The van der Waals surface area contributed by atoms with Gasteiger partial charge in [0.25, 0.3) is 0 Å². The standard InChI is InChI=1S/C13H20N2OSi/c1-13(2,3)12(16-17(4)5)10-6-7-11(8-14)15-9-10/h6-7,9,12,17H,1-5H3. The highest BCUT2D eigenvalue weighted by Crippen LogP contribution is 2.36. The number of pyridine rings is 1. The zero-order chi connectivity index (χ0) is 13.1. The molecule has 0 aliphatic rings. The lowest BCUT2D eigenvalue weighted by molar-refractivity contribution is 0.0863. The summed E-state index contributed by atoms with van der Waals surface area (Å²) in [6.45, 7) is 10.8. The number of hydrogen-bond acceptors (Lipinski definition) is 3. The number of aromatic nitrogens is 1. The van der Waals surface area contributed by atoms with Gasteiger partial charge in [-0.05, 0) is 30.1 Å². The maximum atomic E-state index is 8.74. The normalized spacial score (nSPS) is 13.5. The number of nitriles is 1. The summed E-state index contributed by atoms with van der Waals surface area (Å²) in [5, 5.41) is 8.74. The van der Waals surface area contributed by atoms with E-state index in [1.807, 2.05) is 12.1 Å². The summed E-state index contributed by atoms with van der Waals surface area (Å²) in [5.41, 5.74) is 1.54. The van der Waals surface area contributed by atoms with E-state index in [-0.39, 0.29) is 11.5 Å². The fraction of sp³-hybridized carbons (Fsp3) is 0.538. The minimum atomic E-state index is -1.11. The molecule has 0 aliphatic heterocycles. The van der Waals surface area contributed by atoms with E-state index >= 15 is 0 Å². The summed E-state index contributed by atoms with van der Waals surface area (Å²) >= 11 is 0. The summed E-state index contributed by atoms with van der Waals surface area (Å²) in [4.78, 5) is 4.11. The first kappa shape index (κ1) is 13.9. The van der Waals surface area contributed by atoms with Crippen LogP contribution in [-0.4, -0.2) is 14.0 Å². The van der Waals surface area contributed by atoms with Gasteiger partial charge in [0.1, 0.15) is 11.8 Å². The van der Waals surface area contributed by atoms with Crippen LogP contribution in [0.2, 0.25) is 13.1 Å². The average molecular weight is 248 g/mol. The molecule has 0 saturated carbocycles. The Morgan fingerprint density at radius 3 is 2.35 bits per heavy atom. The second-order valence-corrected chi connectivity index (χ2v) is 7.89. The zero-order valence-corrected chi connectivity index (χ0v) is 12.3. The van der Waals surface area contributed by atoms with Crippen molar-refractivity contribution in [2.45, 2.75) is 40.0 Å². The van der Waals surface area contributed by atoms with Crippen molar-refractivity contribution in [2.75, 3.05) is 0 Å². The van der Waals surface area contributed by atoms with Crippen molar-refractivity contribution in [3.05, 3.63) is 29.6 Å². The number of nitrogens with zero attached hydrogens (tertiary/aromatic N) is 2. The van der Waals surface area contributed by atoms with Crippen molar-refractivity contribution >= 4 is 9.04 Å². The molecule has 1 rings (SSSR count).